The number of amides is 1. The fraction of sp³-hybridized carbons (Fsp3) is 0.125. The van der Waals surface area contributed by atoms with Crippen LogP contribution in [0.2, 0.25) is 0 Å². The number of nitrogens with one attached hydrogen (secondary N) is 1. The van der Waals surface area contributed by atoms with E-state index in [4.69, 9.17) is 5.11 Å². The Kier molecular flexibility index (Phi) is 6.21. The van der Waals surface area contributed by atoms with E-state index in [1.54, 1.807) is 54.2 Å². The molecule has 166 valence electrons. The lowest BCUT2D eigenvalue weighted by Gasteiger charge is -2.14. The molecule has 0 saturated heterocycles. The van der Waals surface area contributed by atoms with Gasteiger partial charge in [-0.1, -0.05) is 35.5 Å². The summed E-state index contributed by atoms with van der Waals surface area (Å²) >= 11 is 0. The zero-order valence-electron chi connectivity index (χ0n) is 17.6. The number of halogens is 1. The average Bonchev–Trinajstić information content (AvgIpc) is 3.28. The molecule has 1 amide bonds. The number of pyridine rings is 1. The molecule has 9 heteroatoms. The maximum atomic E-state index is 13.4. The normalized spacial score (nSPS) is 11.7. The second-order valence-electron chi connectivity index (χ2n) is 7.46. The number of aromatic nitrogens is 4. The minimum absolute atomic E-state index is 0.0670. The van der Waals surface area contributed by atoms with Gasteiger partial charge in [-0.2, -0.15) is 0 Å². The predicted octanol–water partition coefficient (Wildman–Crippen LogP) is 3.72. The molecule has 0 radical (unpaired) electrons. The van der Waals surface area contributed by atoms with E-state index in [1.807, 2.05) is 12.1 Å². The summed E-state index contributed by atoms with van der Waals surface area (Å²) in [6, 6.07) is 17.5. The molecule has 0 spiro atoms. The highest BCUT2D eigenvalue weighted by molar-refractivity contribution is 5.94. The zero-order valence-corrected chi connectivity index (χ0v) is 17.6. The first kappa shape index (κ1) is 21.8. The predicted molar refractivity (Wildman–Crippen MR) is 118 cm³/mol. The van der Waals surface area contributed by atoms with E-state index < -0.39 is 5.97 Å². The molecule has 4 aromatic rings. The Hall–Kier alpha value is -4.40. The van der Waals surface area contributed by atoms with Gasteiger partial charge < -0.3 is 10.4 Å². The second-order valence-corrected chi connectivity index (χ2v) is 7.46. The molecule has 2 N–H and O–H groups in total. The van der Waals surface area contributed by atoms with Gasteiger partial charge in [-0.25, -0.2) is 18.9 Å². The number of carbonyl (C=O) groups excluding carboxylic acids is 1. The van der Waals surface area contributed by atoms with Crippen molar-refractivity contribution >= 4 is 11.9 Å². The molecule has 1 atom stereocenters. The number of nitrogens with zero attached hydrogens (tertiary/aromatic N) is 4. The van der Waals surface area contributed by atoms with Crippen molar-refractivity contribution in [2.24, 2.45) is 0 Å². The van der Waals surface area contributed by atoms with Crippen molar-refractivity contribution in [3.8, 4) is 11.4 Å². The molecule has 0 aliphatic carbocycles. The van der Waals surface area contributed by atoms with Crippen LogP contribution in [0.3, 0.4) is 0 Å². The average molecular weight is 445 g/mol. The van der Waals surface area contributed by atoms with Crippen LogP contribution < -0.4 is 5.32 Å². The lowest BCUT2D eigenvalue weighted by molar-refractivity contribution is 0.0690. The van der Waals surface area contributed by atoms with Gasteiger partial charge in [0.05, 0.1) is 24.5 Å². The Balaban J connectivity index is 1.40. The summed E-state index contributed by atoms with van der Waals surface area (Å²) in [5.74, 6) is -1.72. The lowest BCUT2D eigenvalue weighted by Crippen LogP contribution is -2.26. The number of carboxylic acid groups (broad SMARTS) is 1. The third-order valence-electron chi connectivity index (χ3n) is 5.03. The molecule has 4 rings (SSSR count). The van der Waals surface area contributed by atoms with Crippen molar-refractivity contribution < 1.29 is 19.1 Å². The van der Waals surface area contributed by atoms with Crippen LogP contribution in [0.25, 0.3) is 11.4 Å². The highest BCUT2D eigenvalue weighted by atomic mass is 19.1. The number of benzene rings is 2. The number of carbonyl (C=O) groups is 2. The Bertz CT molecular complexity index is 1300. The standard InChI is InChI=1S/C24H20FN5O3/c1-15(18-4-2-5-19(25)12-18)26-23(31)17-10-8-16(9-11-17)13-30-14-22(28-29-30)20-6-3-7-21(27-20)24(32)33/h2-12,14-15H,13H2,1H3,(H,26,31)(H,32,33). The summed E-state index contributed by atoms with van der Waals surface area (Å²) < 4.78 is 15.0. The van der Waals surface area contributed by atoms with Gasteiger partial charge in [0.2, 0.25) is 0 Å². The summed E-state index contributed by atoms with van der Waals surface area (Å²) in [6.45, 7) is 2.21. The van der Waals surface area contributed by atoms with Gasteiger partial charge in [0.25, 0.3) is 5.91 Å². The third-order valence-corrected chi connectivity index (χ3v) is 5.03. The van der Waals surface area contributed by atoms with Gasteiger partial charge in [-0.3, -0.25) is 4.79 Å². The molecule has 8 nitrogen and oxygen atoms in total. The van der Waals surface area contributed by atoms with Gasteiger partial charge in [0, 0.05) is 5.56 Å². The Morgan fingerprint density at radius 1 is 1.06 bits per heavy atom. The number of carboxylic acids is 1. The molecule has 2 aromatic carbocycles. The number of rotatable bonds is 7. The molecule has 0 aliphatic heterocycles. The second kappa shape index (κ2) is 9.39. The lowest BCUT2D eigenvalue weighted by atomic mass is 10.1. The highest BCUT2D eigenvalue weighted by Gasteiger charge is 2.13. The van der Waals surface area contributed by atoms with Gasteiger partial charge in [0.1, 0.15) is 17.2 Å². The van der Waals surface area contributed by atoms with Crippen molar-refractivity contribution in [3.63, 3.8) is 0 Å². The highest BCUT2D eigenvalue weighted by Crippen LogP contribution is 2.16. The number of aromatic carboxylic acids is 1. The van der Waals surface area contributed by atoms with E-state index in [-0.39, 0.29) is 23.5 Å². The summed E-state index contributed by atoms with van der Waals surface area (Å²) in [5.41, 5.74) is 2.87. The quantitative estimate of drug-likeness (QED) is 0.449. The van der Waals surface area contributed by atoms with E-state index in [0.29, 0.717) is 29.1 Å². The molecule has 0 saturated carbocycles. The smallest absolute Gasteiger partial charge is 0.354 e. The van der Waals surface area contributed by atoms with Crippen molar-refractivity contribution in [2.75, 3.05) is 0 Å². The molecule has 0 aliphatic rings. The molecule has 2 aromatic heterocycles. The number of hydrogen-bond acceptors (Lipinski definition) is 5. The largest absolute Gasteiger partial charge is 0.477 e. The first-order valence-electron chi connectivity index (χ1n) is 10.1. The molecule has 0 bridgehead atoms. The van der Waals surface area contributed by atoms with Crippen LogP contribution in [-0.4, -0.2) is 37.0 Å². The van der Waals surface area contributed by atoms with Crippen molar-refractivity contribution in [2.45, 2.75) is 19.5 Å². The van der Waals surface area contributed by atoms with Crippen LogP contribution in [0, 0.1) is 5.82 Å². The zero-order chi connectivity index (χ0) is 23.4. The first-order valence-corrected chi connectivity index (χ1v) is 10.1. The van der Waals surface area contributed by atoms with Crippen LogP contribution in [0.1, 0.15) is 44.9 Å². The van der Waals surface area contributed by atoms with Crippen LogP contribution in [0.15, 0.2) is 72.9 Å². The molecular formula is C24H20FN5O3. The minimum Gasteiger partial charge on any atom is -0.477 e. The maximum absolute atomic E-state index is 13.4. The van der Waals surface area contributed by atoms with E-state index in [9.17, 15) is 14.0 Å². The van der Waals surface area contributed by atoms with E-state index in [2.05, 4.69) is 20.6 Å². The van der Waals surface area contributed by atoms with Gasteiger partial charge >= 0.3 is 5.97 Å². The fourth-order valence-corrected chi connectivity index (χ4v) is 3.28. The molecule has 2 heterocycles. The van der Waals surface area contributed by atoms with E-state index in [0.717, 1.165) is 5.56 Å². The fourth-order valence-electron chi connectivity index (χ4n) is 3.28. The van der Waals surface area contributed by atoms with Crippen LogP contribution in [0.4, 0.5) is 4.39 Å². The van der Waals surface area contributed by atoms with Crippen molar-refractivity contribution in [1.82, 2.24) is 25.3 Å². The summed E-state index contributed by atoms with van der Waals surface area (Å²) in [6.07, 6.45) is 1.68. The Morgan fingerprint density at radius 3 is 2.55 bits per heavy atom. The monoisotopic (exact) mass is 445 g/mol. The maximum Gasteiger partial charge on any atom is 0.354 e. The van der Waals surface area contributed by atoms with Crippen LogP contribution in [-0.2, 0) is 6.54 Å². The number of hydrogen-bond donors (Lipinski definition) is 2. The van der Waals surface area contributed by atoms with Crippen molar-refractivity contribution in [1.29, 1.82) is 0 Å². The SMILES string of the molecule is CC(NC(=O)c1ccc(Cn2cc(-c3cccc(C(=O)O)n3)nn2)cc1)c1cccc(F)c1. The van der Waals surface area contributed by atoms with E-state index in [1.165, 1.54) is 18.2 Å². The van der Waals surface area contributed by atoms with Crippen LogP contribution >= 0.6 is 0 Å². The molecule has 33 heavy (non-hydrogen) atoms. The summed E-state index contributed by atoms with van der Waals surface area (Å²) in [4.78, 5) is 27.7. The third kappa shape index (κ3) is 5.27. The van der Waals surface area contributed by atoms with Crippen LogP contribution in [0.5, 0.6) is 0 Å². The molecular weight excluding hydrogens is 425 g/mol. The van der Waals surface area contributed by atoms with E-state index >= 15 is 0 Å². The van der Waals surface area contributed by atoms with Gasteiger partial charge in [-0.15, -0.1) is 5.10 Å². The topological polar surface area (TPSA) is 110 Å². The molecule has 0 fully saturated rings. The van der Waals surface area contributed by atoms with Gasteiger partial charge in [0.15, 0.2) is 0 Å². The summed E-state index contributed by atoms with van der Waals surface area (Å²) in [7, 11) is 0. The Morgan fingerprint density at radius 2 is 1.82 bits per heavy atom. The van der Waals surface area contributed by atoms with Crippen molar-refractivity contribution in [3.05, 3.63) is 101 Å². The van der Waals surface area contributed by atoms with Gasteiger partial charge in [-0.05, 0) is 54.4 Å². The molecule has 1 unspecified atom stereocenters. The summed E-state index contributed by atoms with van der Waals surface area (Å²) in [5, 5.41) is 20.1. The Labute approximate surface area is 188 Å². The first-order chi connectivity index (χ1) is 15.9. The minimum atomic E-state index is -1.11.